The number of aryl methyl sites for hydroxylation is 1. The molecule has 1 aliphatic rings. The maximum absolute atomic E-state index is 12.7. The van der Waals surface area contributed by atoms with Crippen molar-refractivity contribution in [1.29, 1.82) is 0 Å². The molecule has 152 valence electrons. The summed E-state index contributed by atoms with van der Waals surface area (Å²) in [6.07, 6.45) is 0.330. The van der Waals surface area contributed by atoms with E-state index in [-0.39, 0.29) is 17.9 Å². The zero-order valence-electron chi connectivity index (χ0n) is 17.1. The molecule has 0 saturated carbocycles. The first-order valence-corrected chi connectivity index (χ1v) is 10.9. The van der Waals surface area contributed by atoms with Crippen LogP contribution in [0, 0.1) is 6.92 Å². The highest BCUT2D eigenvalue weighted by atomic mass is 32.1. The lowest BCUT2D eigenvalue weighted by Crippen LogP contribution is -2.39. The number of aromatic nitrogens is 2. The van der Waals surface area contributed by atoms with E-state index in [9.17, 15) is 9.59 Å². The van der Waals surface area contributed by atoms with Crippen LogP contribution in [0.3, 0.4) is 0 Å². The van der Waals surface area contributed by atoms with Crippen molar-refractivity contribution >= 4 is 39.8 Å². The summed E-state index contributed by atoms with van der Waals surface area (Å²) >= 11 is 2.83. The van der Waals surface area contributed by atoms with E-state index in [0.717, 1.165) is 21.3 Å². The van der Waals surface area contributed by atoms with Crippen molar-refractivity contribution in [3.63, 3.8) is 0 Å². The van der Waals surface area contributed by atoms with Crippen LogP contribution in [0.1, 0.15) is 71.5 Å². The zero-order chi connectivity index (χ0) is 20.6. The lowest BCUT2D eigenvalue weighted by molar-refractivity contribution is 0.0225. The van der Waals surface area contributed by atoms with E-state index in [2.05, 4.69) is 29.1 Å². The van der Waals surface area contributed by atoms with Crippen LogP contribution in [0.15, 0.2) is 0 Å². The molecular formula is C19H26N4O3S2. The van der Waals surface area contributed by atoms with Gasteiger partial charge in [0.1, 0.15) is 10.5 Å². The number of hydrogen-bond donors (Lipinski definition) is 1. The van der Waals surface area contributed by atoms with Crippen molar-refractivity contribution in [2.24, 2.45) is 0 Å². The van der Waals surface area contributed by atoms with E-state index in [0.29, 0.717) is 29.5 Å². The van der Waals surface area contributed by atoms with Gasteiger partial charge in [-0.05, 0) is 27.7 Å². The summed E-state index contributed by atoms with van der Waals surface area (Å²) in [5, 5.41) is 4.40. The summed E-state index contributed by atoms with van der Waals surface area (Å²) in [6.45, 7) is 12.5. The number of ether oxygens (including phenoxy) is 1. The molecule has 0 atom stereocenters. The van der Waals surface area contributed by atoms with Gasteiger partial charge in [0, 0.05) is 23.8 Å². The predicted molar refractivity (Wildman–Crippen MR) is 111 cm³/mol. The number of carbonyl (C=O) groups excluding carboxylic acids is 2. The molecule has 1 N–H and O–H groups in total. The summed E-state index contributed by atoms with van der Waals surface area (Å²) in [5.41, 5.74) is 1.15. The molecule has 0 bridgehead atoms. The summed E-state index contributed by atoms with van der Waals surface area (Å²) in [6, 6.07) is 0. The van der Waals surface area contributed by atoms with Crippen LogP contribution in [0.25, 0.3) is 0 Å². The zero-order valence-corrected chi connectivity index (χ0v) is 18.7. The highest BCUT2D eigenvalue weighted by molar-refractivity contribution is 7.16. The Morgan fingerprint density at radius 1 is 1.21 bits per heavy atom. The third-order valence-corrected chi connectivity index (χ3v) is 6.57. The number of amides is 2. The molecule has 0 unspecified atom stereocenters. The molecule has 0 aromatic carbocycles. The molecular weight excluding hydrogens is 396 g/mol. The monoisotopic (exact) mass is 422 g/mol. The van der Waals surface area contributed by atoms with Crippen molar-refractivity contribution in [1.82, 2.24) is 14.9 Å². The molecule has 3 rings (SSSR count). The van der Waals surface area contributed by atoms with Crippen LogP contribution in [-0.4, -0.2) is 39.0 Å². The van der Waals surface area contributed by atoms with Crippen LogP contribution in [0.4, 0.5) is 9.93 Å². The molecule has 2 aromatic rings. The minimum absolute atomic E-state index is 0.183. The molecule has 0 aliphatic carbocycles. The Kier molecular flexibility index (Phi) is 5.77. The summed E-state index contributed by atoms with van der Waals surface area (Å²) in [7, 11) is 0. The standard InChI is InChI=1S/C19H26N4O3S2/c1-10(2)16-20-11(3)14(28-16)15(24)22-17-21-12-7-8-23(9-13(12)27-17)18(25)26-19(4,5)6/h10H,7-9H2,1-6H3,(H,21,22,24). The van der Waals surface area contributed by atoms with Crippen molar-refractivity contribution in [3.05, 3.63) is 26.1 Å². The van der Waals surface area contributed by atoms with E-state index < -0.39 is 5.60 Å². The maximum Gasteiger partial charge on any atom is 0.410 e. The third kappa shape index (κ3) is 4.70. The van der Waals surface area contributed by atoms with Crippen LogP contribution in [0.2, 0.25) is 0 Å². The fourth-order valence-electron chi connectivity index (χ4n) is 2.76. The van der Waals surface area contributed by atoms with Crippen LogP contribution < -0.4 is 5.32 Å². The topological polar surface area (TPSA) is 84.4 Å². The van der Waals surface area contributed by atoms with E-state index in [1.807, 2.05) is 27.7 Å². The number of fused-ring (bicyclic) bond motifs is 1. The molecule has 7 nitrogen and oxygen atoms in total. The minimum atomic E-state index is -0.522. The largest absolute Gasteiger partial charge is 0.444 e. The third-order valence-electron chi connectivity index (χ3n) is 4.12. The number of nitrogens with zero attached hydrogens (tertiary/aromatic N) is 3. The van der Waals surface area contributed by atoms with Crippen LogP contribution in [-0.2, 0) is 17.7 Å². The van der Waals surface area contributed by atoms with Gasteiger partial charge in [-0.1, -0.05) is 25.2 Å². The Balaban J connectivity index is 1.69. The Labute approximate surface area is 173 Å². The average molecular weight is 423 g/mol. The normalized spacial score (nSPS) is 14.2. The number of hydrogen-bond acceptors (Lipinski definition) is 7. The Morgan fingerprint density at radius 2 is 1.93 bits per heavy atom. The quantitative estimate of drug-likeness (QED) is 0.783. The van der Waals surface area contributed by atoms with Gasteiger partial charge in [-0.3, -0.25) is 10.1 Å². The second kappa shape index (κ2) is 7.79. The van der Waals surface area contributed by atoms with Crippen molar-refractivity contribution in [2.45, 2.75) is 66.0 Å². The van der Waals surface area contributed by atoms with E-state index in [4.69, 9.17) is 4.74 Å². The number of rotatable bonds is 3. The smallest absolute Gasteiger partial charge is 0.410 e. The molecule has 28 heavy (non-hydrogen) atoms. The van der Waals surface area contributed by atoms with Gasteiger partial charge in [0.2, 0.25) is 0 Å². The summed E-state index contributed by atoms with van der Waals surface area (Å²) < 4.78 is 5.45. The summed E-state index contributed by atoms with van der Waals surface area (Å²) in [5.74, 6) is 0.105. The molecule has 1 aliphatic heterocycles. The van der Waals surface area contributed by atoms with Crippen LogP contribution >= 0.6 is 22.7 Å². The Morgan fingerprint density at radius 3 is 2.54 bits per heavy atom. The second-order valence-electron chi connectivity index (χ2n) is 8.12. The lowest BCUT2D eigenvalue weighted by atomic mass is 10.2. The first-order chi connectivity index (χ1) is 13.0. The minimum Gasteiger partial charge on any atom is -0.444 e. The average Bonchev–Trinajstić information content (AvgIpc) is 3.15. The maximum atomic E-state index is 12.7. The van der Waals surface area contributed by atoms with Gasteiger partial charge >= 0.3 is 6.09 Å². The van der Waals surface area contributed by atoms with Crippen molar-refractivity contribution < 1.29 is 14.3 Å². The first kappa shape index (κ1) is 20.7. The summed E-state index contributed by atoms with van der Waals surface area (Å²) in [4.78, 5) is 37.3. The van der Waals surface area contributed by atoms with E-state index in [1.54, 1.807) is 4.90 Å². The molecule has 3 heterocycles. The predicted octanol–water partition coefficient (Wildman–Crippen LogP) is 4.58. The molecule has 0 fully saturated rings. The van der Waals surface area contributed by atoms with Gasteiger partial charge in [0.25, 0.3) is 5.91 Å². The van der Waals surface area contributed by atoms with Crippen molar-refractivity contribution in [3.8, 4) is 0 Å². The van der Waals surface area contributed by atoms with Gasteiger partial charge in [-0.15, -0.1) is 11.3 Å². The number of anilines is 1. The first-order valence-electron chi connectivity index (χ1n) is 9.28. The highest BCUT2D eigenvalue weighted by Gasteiger charge is 2.28. The molecule has 2 aromatic heterocycles. The Hall–Kier alpha value is -2.00. The molecule has 2 amide bonds. The SMILES string of the molecule is Cc1nc(C(C)C)sc1C(=O)Nc1nc2c(s1)CN(C(=O)OC(C)(C)C)CC2. The van der Waals surface area contributed by atoms with Gasteiger partial charge in [-0.25, -0.2) is 14.8 Å². The highest BCUT2D eigenvalue weighted by Crippen LogP contribution is 2.30. The van der Waals surface area contributed by atoms with E-state index >= 15 is 0 Å². The fourth-order valence-corrected chi connectivity index (χ4v) is 4.74. The second-order valence-corrected chi connectivity index (χ2v) is 10.2. The van der Waals surface area contributed by atoms with Gasteiger partial charge in [-0.2, -0.15) is 0 Å². The van der Waals surface area contributed by atoms with Crippen molar-refractivity contribution in [2.75, 3.05) is 11.9 Å². The number of thiazole rings is 2. The molecule has 0 radical (unpaired) electrons. The molecule has 9 heteroatoms. The van der Waals surface area contributed by atoms with Crippen LogP contribution in [0.5, 0.6) is 0 Å². The molecule has 0 saturated heterocycles. The fraction of sp³-hybridized carbons (Fsp3) is 0.579. The van der Waals surface area contributed by atoms with Gasteiger partial charge in [0.15, 0.2) is 5.13 Å². The van der Waals surface area contributed by atoms with Gasteiger partial charge < -0.3 is 9.64 Å². The van der Waals surface area contributed by atoms with E-state index in [1.165, 1.54) is 22.7 Å². The van der Waals surface area contributed by atoms with Gasteiger partial charge in [0.05, 0.1) is 22.9 Å². The number of nitrogens with one attached hydrogen (secondary N) is 1. The number of carbonyl (C=O) groups is 2. The molecule has 0 spiro atoms. The Bertz CT molecular complexity index is 896. The lowest BCUT2D eigenvalue weighted by Gasteiger charge is -2.29.